The summed E-state index contributed by atoms with van der Waals surface area (Å²) in [4.78, 5) is 12.6. The van der Waals surface area contributed by atoms with Crippen molar-refractivity contribution in [3.05, 3.63) is 58.1 Å². The molecule has 0 heterocycles. The third-order valence-electron chi connectivity index (χ3n) is 4.53. The largest absolute Gasteiger partial charge is 0.496 e. The Morgan fingerprint density at radius 1 is 0.963 bits per heavy atom. The Labute approximate surface area is 169 Å². The quantitative estimate of drug-likeness (QED) is 0.646. The lowest BCUT2D eigenvalue weighted by Crippen LogP contribution is -2.43. The molecule has 0 fully saturated rings. The molecule has 3 atom stereocenters. The van der Waals surface area contributed by atoms with Gasteiger partial charge in [-0.1, -0.05) is 24.3 Å². The first-order chi connectivity index (χ1) is 12.9. The second-order valence-corrected chi connectivity index (χ2v) is 7.33. The molecule has 0 radical (unpaired) electrons. The van der Waals surface area contributed by atoms with Gasteiger partial charge in [0.2, 0.25) is 5.91 Å². The summed E-state index contributed by atoms with van der Waals surface area (Å²) in [5.74, 6) is 1.48. The minimum absolute atomic E-state index is 0.00882. The molecule has 0 saturated heterocycles. The van der Waals surface area contributed by atoms with Crippen LogP contribution in [-0.4, -0.2) is 26.2 Å². The number of carbonyl (C=O) groups is 1. The molecule has 27 heavy (non-hydrogen) atoms. The van der Waals surface area contributed by atoms with Gasteiger partial charge in [0.1, 0.15) is 11.5 Å². The smallest absolute Gasteiger partial charge is 0.237 e. The Morgan fingerprint density at radius 2 is 1.63 bits per heavy atom. The van der Waals surface area contributed by atoms with Crippen molar-refractivity contribution in [1.82, 2.24) is 10.6 Å². The number of benzene rings is 2. The standard InChI is InChI=1S/C21H27BrN2O3/c1-13(16-10-11-20(27-5)18(22)12-16)23-15(3)21(25)24-14(2)17-8-6-7-9-19(17)26-4/h6-15,23H,1-5H3,(H,24,25). The fourth-order valence-electron chi connectivity index (χ4n) is 2.94. The molecule has 2 aromatic rings. The van der Waals surface area contributed by atoms with Crippen LogP contribution in [0, 0.1) is 0 Å². The molecule has 0 aliphatic heterocycles. The lowest BCUT2D eigenvalue weighted by Gasteiger charge is -2.23. The van der Waals surface area contributed by atoms with E-state index in [1.807, 2.05) is 63.2 Å². The van der Waals surface area contributed by atoms with Gasteiger partial charge in [-0.25, -0.2) is 0 Å². The fraction of sp³-hybridized carbons (Fsp3) is 0.381. The Balaban J connectivity index is 1.99. The Kier molecular flexibility index (Phi) is 7.68. The molecule has 2 aromatic carbocycles. The van der Waals surface area contributed by atoms with E-state index in [1.165, 1.54) is 0 Å². The highest BCUT2D eigenvalue weighted by molar-refractivity contribution is 9.10. The van der Waals surface area contributed by atoms with E-state index >= 15 is 0 Å². The number of rotatable bonds is 8. The summed E-state index contributed by atoms with van der Waals surface area (Å²) < 4.78 is 11.5. The summed E-state index contributed by atoms with van der Waals surface area (Å²) in [5, 5.41) is 6.39. The van der Waals surface area contributed by atoms with Gasteiger partial charge in [0.05, 0.1) is 30.8 Å². The highest BCUT2D eigenvalue weighted by Crippen LogP contribution is 2.28. The van der Waals surface area contributed by atoms with E-state index in [0.29, 0.717) is 0 Å². The minimum Gasteiger partial charge on any atom is -0.496 e. The summed E-state index contributed by atoms with van der Waals surface area (Å²) in [5.41, 5.74) is 2.02. The fourth-order valence-corrected chi connectivity index (χ4v) is 3.50. The number of ether oxygens (including phenoxy) is 2. The van der Waals surface area contributed by atoms with Crippen molar-refractivity contribution >= 4 is 21.8 Å². The van der Waals surface area contributed by atoms with Crippen molar-refractivity contribution in [2.75, 3.05) is 14.2 Å². The molecule has 0 saturated carbocycles. The molecule has 6 heteroatoms. The molecular formula is C21H27BrN2O3. The van der Waals surface area contributed by atoms with Gasteiger partial charge in [0, 0.05) is 11.6 Å². The summed E-state index contributed by atoms with van der Waals surface area (Å²) in [6.07, 6.45) is 0. The van der Waals surface area contributed by atoms with Crippen molar-refractivity contribution in [2.24, 2.45) is 0 Å². The van der Waals surface area contributed by atoms with Gasteiger partial charge < -0.3 is 14.8 Å². The molecule has 0 aliphatic carbocycles. The predicted molar refractivity (Wildman–Crippen MR) is 111 cm³/mol. The lowest BCUT2D eigenvalue weighted by molar-refractivity contribution is -0.123. The van der Waals surface area contributed by atoms with Crippen LogP contribution in [-0.2, 0) is 4.79 Å². The molecule has 0 aliphatic rings. The Morgan fingerprint density at radius 3 is 2.26 bits per heavy atom. The van der Waals surface area contributed by atoms with Crippen LogP contribution >= 0.6 is 15.9 Å². The molecule has 146 valence electrons. The van der Waals surface area contributed by atoms with Crippen molar-refractivity contribution in [3.8, 4) is 11.5 Å². The van der Waals surface area contributed by atoms with Gasteiger partial charge in [-0.05, 0) is 60.5 Å². The third-order valence-corrected chi connectivity index (χ3v) is 5.15. The normalized spacial score (nSPS) is 14.1. The second kappa shape index (κ2) is 9.76. The maximum Gasteiger partial charge on any atom is 0.237 e. The first kappa shape index (κ1) is 21.3. The van der Waals surface area contributed by atoms with Crippen molar-refractivity contribution in [1.29, 1.82) is 0 Å². The monoisotopic (exact) mass is 434 g/mol. The van der Waals surface area contributed by atoms with Crippen LogP contribution in [0.25, 0.3) is 0 Å². The van der Waals surface area contributed by atoms with Gasteiger partial charge in [0.25, 0.3) is 0 Å². The average Bonchev–Trinajstić information content (AvgIpc) is 2.67. The number of halogens is 1. The van der Waals surface area contributed by atoms with Crippen LogP contribution in [0.4, 0.5) is 0 Å². The molecule has 5 nitrogen and oxygen atoms in total. The first-order valence-electron chi connectivity index (χ1n) is 8.90. The number of methoxy groups -OCH3 is 2. The maximum atomic E-state index is 12.6. The van der Waals surface area contributed by atoms with Crippen molar-refractivity contribution < 1.29 is 14.3 Å². The molecule has 0 spiro atoms. The SMILES string of the molecule is COc1ccc(C(C)NC(C)C(=O)NC(C)c2ccccc2OC)cc1Br. The van der Waals surface area contributed by atoms with E-state index in [2.05, 4.69) is 26.6 Å². The molecule has 1 amide bonds. The molecule has 0 bridgehead atoms. The molecular weight excluding hydrogens is 408 g/mol. The number of para-hydroxylation sites is 1. The van der Waals surface area contributed by atoms with Crippen LogP contribution < -0.4 is 20.1 Å². The first-order valence-corrected chi connectivity index (χ1v) is 9.69. The summed E-state index contributed by atoms with van der Waals surface area (Å²) in [6.45, 7) is 5.84. The lowest BCUT2D eigenvalue weighted by atomic mass is 10.1. The maximum absolute atomic E-state index is 12.6. The van der Waals surface area contributed by atoms with E-state index in [-0.39, 0.29) is 24.0 Å². The minimum atomic E-state index is -0.349. The Hall–Kier alpha value is -2.05. The summed E-state index contributed by atoms with van der Waals surface area (Å²) >= 11 is 3.50. The van der Waals surface area contributed by atoms with Crippen LogP contribution in [0.3, 0.4) is 0 Å². The Bertz CT molecular complexity index is 782. The number of hydrogen-bond acceptors (Lipinski definition) is 4. The van der Waals surface area contributed by atoms with Gasteiger partial charge >= 0.3 is 0 Å². The van der Waals surface area contributed by atoms with E-state index in [4.69, 9.17) is 9.47 Å². The summed E-state index contributed by atoms with van der Waals surface area (Å²) in [6, 6.07) is 13.1. The van der Waals surface area contributed by atoms with Crippen molar-refractivity contribution in [2.45, 2.75) is 38.9 Å². The van der Waals surface area contributed by atoms with E-state index in [0.717, 1.165) is 27.1 Å². The zero-order valence-corrected chi connectivity index (χ0v) is 18.0. The number of amides is 1. The highest BCUT2D eigenvalue weighted by Gasteiger charge is 2.20. The van der Waals surface area contributed by atoms with Crippen LogP contribution in [0.5, 0.6) is 11.5 Å². The summed E-state index contributed by atoms with van der Waals surface area (Å²) in [7, 11) is 3.27. The average molecular weight is 435 g/mol. The van der Waals surface area contributed by atoms with Gasteiger partial charge in [-0.15, -0.1) is 0 Å². The van der Waals surface area contributed by atoms with E-state index in [9.17, 15) is 4.79 Å². The zero-order chi connectivity index (χ0) is 20.0. The molecule has 3 unspecified atom stereocenters. The second-order valence-electron chi connectivity index (χ2n) is 6.48. The van der Waals surface area contributed by atoms with Crippen LogP contribution in [0.15, 0.2) is 46.9 Å². The van der Waals surface area contributed by atoms with E-state index < -0.39 is 0 Å². The molecule has 2 rings (SSSR count). The number of carbonyl (C=O) groups excluding carboxylic acids is 1. The van der Waals surface area contributed by atoms with Crippen LogP contribution in [0.2, 0.25) is 0 Å². The third kappa shape index (κ3) is 5.47. The van der Waals surface area contributed by atoms with Gasteiger partial charge in [-0.3, -0.25) is 10.1 Å². The predicted octanol–water partition coefficient (Wildman–Crippen LogP) is 4.38. The van der Waals surface area contributed by atoms with Crippen LogP contribution in [0.1, 0.15) is 44.0 Å². The van der Waals surface area contributed by atoms with Gasteiger partial charge in [0.15, 0.2) is 0 Å². The molecule has 2 N–H and O–H groups in total. The van der Waals surface area contributed by atoms with Gasteiger partial charge in [-0.2, -0.15) is 0 Å². The molecule has 0 aromatic heterocycles. The topological polar surface area (TPSA) is 59.6 Å². The zero-order valence-electron chi connectivity index (χ0n) is 16.4. The van der Waals surface area contributed by atoms with E-state index in [1.54, 1.807) is 14.2 Å². The number of hydrogen-bond donors (Lipinski definition) is 2. The highest BCUT2D eigenvalue weighted by atomic mass is 79.9. The number of nitrogens with one attached hydrogen (secondary N) is 2. The van der Waals surface area contributed by atoms with Crippen molar-refractivity contribution in [3.63, 3.8) is 0 Å².